The molecule has 3 aliphatic carbocycles. The molecule has 7 heteroatoms. The molecular weight excluding hydrogens is 915 g/mol. The highest BCUT2D eigenvalue weighted by Gasteiger charge is 2.41. The molecular formula is C68H43N7. The molecule has 7 nitrogen and oxygen atoms in total. The number of nitrogens with zero attached hydrogens (tertiary/aromatic N) is 7. The van der Waals surface area contributed by atoms with Gasteiger partial charge in [0.15, 0.2) is 34.9 Å². The molecule has 0 N–H and O–H groups in total. The lowest BCUT2D eigenvalue weighted by Gasteiger charge is -2.42. The molecule has 2 bridgehead atoms. The fourth-order valence-electron chi connectivity index (χ4n) is 11.8. The molecule has 0 fully saturated rings. The van der Waals surface area contributed by atoms with Crippen molar-refractivity contribution >= 4 is 21.8 Å². The van der Waals surface area contributed by atoms with Crippen molar-refractivity contribution in [1.82, 2.24) is 34.5 Å². The summed E-state index contributed by atoms with van der Waals surface area (Å²) in [6, 6.07) is 87.6. The van der Waals surface area contributed by atoms with Gasteiger partial charge in [0.05, 0.1) is 11.0 Å². The molecule has 3 aliphatic rings. The molecule has 16 rings (SSSR count). The van der Waals surface area contributed by atoms with Gasteiger partial charge in [0.2, 0.25) is 0 Å². The minimum atomic E-state index is -0.00389. The Labute approximate surface area is 433 Å². The van der Waals surface area contributed by atoms with Crippen LogP contribution in [0.25, 0.3) is 107 Å². The predicted molar refractivity (Wildman–Crippen MR) is 300 cm³/mol. The van der Waals surface area contributed by atoms with Crippen LogP contribution in [0.3, 0.4) is 0 Å². The molecule has 0 amide bonds. The molecule has 75 heavy (non-hydrogen) atoms. The van der Waals surface area contributed by atoms with Crippen molar-refractivity contribution in [3.63, 3.8) is 0 Å². The van der Waals surface area contributed by atoms with E-state index in [4.69, 9.17) is 29.9 Å². The van der Waals surface area contributed by atoms with Gasteiger partial charge >= 0.3 is 0 Å². The van der Waals surface area contributed by atoms with Crippen molar-refractivity contribution in [2.45, 2.75) is 11.8 Å². The Balaban J connectivity index is 0.875. The number of fused-ring (bicyclic) bond motifs is 3. The van der Waals surface area contributed by atoms with Crippen LogP contribution in [0.2, 0.25) is 0 Å². The Morgan fingerprint density at radius 3 is 1.17 bits per heavy atom. The molecule has 0 radical (unpaired) electrons. The summed E-state index contributed by atoms with van der Waals surface area (Å²) in [7, 11) is 0. The van der Waals surface area contributed by atoms with Crippen LogP contribution in [-0.4, -0.2) is 34.5 Å². The lowest BCUT2D eigenvalue weighted by atomic mass is 9.61. The summed E-state index contributed by atoms with van der Waals surface area (Å²) in [5.41, 5.74) is 18.9. The predicted octanol–water partition coefficient (Wildman–Crippen LogP) is 15.8. The van der Waals surface area contributed by atoms with Crippen LogP contribution >= 0.6 is 0 Å². The second-order valence-electron chi connectivity index (χ2n) is 19.3. The topological polar surface area (TPSA) is 82.3 Å². The highest BCUT2D eigenvalue weighted by molar-refractivity contribution is 6.14. The maximum atomic E-state index is 5.44. The summed E-state index contributed by atoms with van der Waals surface area (Å²) in [5, 5.41) is 2.39. The maximum Gasteiger partial charge on any atom is 0.164 e. The first-order valence-electron chi connectivity index (χ1n) is 25.4. The van der Waals surface area contributed by atoms with Crippen LogP contribution in [0, 0.1) is 0 Å². The van der Waals surface area contributed by atoms with Crippen molar-refractivity contribution in [2.75, 3.05) is 0 Å². The number of hydrogen-bond donors (Lipinski definition) is 0. The van der Waals surface area contributed by atoms with Gasteiger partial charge in [-0.3, -0.25) is 0 Å². The zero-order valence-electron chi connectivity index (χ0n) is 40.5. The molecule has 0 spiro atoms. The van der Waals surface area contributed by atoms with Crippen molar-refractivity contribution in [3.8, 4) is 85.1 Å². The summed E-state index contributed by atoms with van der Waals surface area (Å²) in [5.74, 6) is 3.79. The number of rotatable bonds is 8. The molecule has 0 aliphatic heterocycles. The molecule has 350 valence electrons. The Kier molecular flexibility index (Phi) is 9.88. The van der Waals surface area contributed by atoms with Crippen LogP contribution in [-0.2, 0) is 0 Å². The summed E-state index contributed by atoms with van der Waals surface area (Å²) < 4.78 is 2.39. The van der Waals surface area contributed by atoms with E-state index in [9.17, 15) is 0 Å². The van der Waals surface area contributed by atoms with Crippen molar-refractivity contribution in [2.24, 2.45) is 0 Å². The smallest absolute Gasteiger partial charge is 0.164 e. The Morgan fingerprint density at radius 1 is 0.253 bits per heavy atom. The fourth-order valence-corrected chi connectivity index (χ4v) is 11.8. The third kappa shape index (κ3) is 7.04. The number of hydrogen-bond acceptors (Lipinski definition) is 6. The van der Waals surface area contributed by atoms with Gasteiger partial charge < -0.3 is 4.57 Å². The molecule has 0 saturated carbocycles. The monoisotopic (exact) mass is 957 g/mol. The lowest BCUT2D eigenvalue weighted by molar-refractivity contribution is 0.754. The maximum absolute atomic E-state index is 5.44. The zero-order chi connectivity index (χ0) is 49.4. The minimum absolute atomic E-state index is 0.00379. The van der Waals surface area contributed by atoms with Gasteiger partial charge in [-0.05, 0) is 69.3 Å². The largest absolute Gasteiger partial charge is 0.309 e. The highest BCUT2D eigenvalue weighted by atomic mass is 15.0. The Bertz CT molecular complexity index is 4300. The van der Waals surface area contributed by atoms with Crippen LogP contribution < -0.4 is 0 Å². The van der Waals surface area contributed by atoms with Crippen molar-refractivity contribution in [3.05, 3.63) is 282 Å². The quantitative estimate of drug-likeness (QED) is 0.151. The number of aromatic nitrogens is 7. The van der Waals surface area contributed by atoms with Gasteiger partial charge in [-0.15, -0.1) is 0 Å². The molecule has 10 aromatic carbocycles. The lowest BCUT2D eigenvalue weighted by Crippen LogP contribution is -2.27. The molecule has 3 aromatic heterocycles. The van der Waals surface area contributed by atoms with Crippen molar-refractivity contribution < 1.29 is 0 Å². The summed E-state index contributed by atoms with van der Waals surface area (Å²) in [6.07, 6.45) is 0. The zero-order valence-corrected chi connectivity index (χ0v) is 40.5. The van der Waals surface area contributed by atoms with E-state index in [1.165, 1.54) is 44.2 Å². The van der Waals surface area contributed by atoms with Gasteiger partial charge in [0, 0.05) is 67.2 Å². The SMILES string of the molecule is c1ccc(-c2nc(-c3ccccc3)nc(-c3ccc4c(c3)C3c5ccccc5C4c4cc(-c5nc(-c6ccccc6)nc(-c6ccccc6-c6cccc7c8ccccc8n(-c8ccccc8)c67)n5)ccc43)n2)cc1. The summed E-state index contributed by atoms with van der Waals surface area (Å²) >= 11 is 0. The molecule has 13 aromatic rings. The second-order valence-corrected chi connectivity index (χ2v) is 19.3. The summed E-state index contributed by atoms with van der Waals surface area (Å²) in [6.45, 7) is 0. The normalized spacial score (nSPS) is 14.1. The Hall–Kier alpha value is -9.98. The third-order valence-electron chi connectivity index (χ3n) is 15.1. The van der Waals surface area contributed by atoms with E-state index in [-0.39, 0.29) is 11.8 Å². The second kappa shape index (κ2) is 17.4. The van der Waals surface area contributed by atoms with Gasteiger partial charge in [-0.1, -0.05) is 218 Å². The first kappa shape index (κ1) is 42.7. The van der Waals surface area contributed by atoms with E-state index in [2.05, 4.69) is 199 Å². The number of para-hydroxylation sites is 3. The van der Waals surface area contributed by atoms with Crippen LogP contribution in [0.15, 0.2) is 249 Å². The molecule has 2 atom stereocenters. The first-order chi connectivity index (χ1) is 37.2. The molecule has 3 heterocycles. The third-order valence-corrected chi connectivity index (χ3v) is 15.1. The molecule has 2 unspecified atom stereocenters. The van der Waals surface area contributed by atoms with Gasteiger partial charge in [-0.2, -0.15) is 0 Å². The molecule has 0 saturated heterocycles. The first-order valence-corrected chi connectivity index (χ1v) is 25.4. The average Bonchev–Trinajstić information content (AvgIpc) is 3.91. The van der Waals surface area contributed by atoms with Crippen LogP contribution in [0.4, 0.5) is 0 Å². The van der Waals surface area contributed by atoms with E-state index in [1.54, 1.807) is 0 Å². The van der Waals surface area contributed by atoms with Gasteiger partial charge in [0.1, 0.15) is 0 Å². The van der Waals surface area contributed by atoms with E-state index in [1.807, 2.05) is 54.6 Å². The fraction of sp³-hybridized carbons (Fsp3) is 0.0294. The van der Waals surface area contributed by atoms with E-state index >= 15 is 0 Å². The summed E-state index contributed by atoms with van der Waals surface area (Å²) in [4.78, 5) is 31.3. The van der Waals surface area contributed by atoms with Crippen LogP contribution in [0.5, 0.6) is 0 Å². The minimum Gasteiger partial charge on any atom is -0.309 e. The van der Waals surface area contributed by atoms with E-state index < -0.39 is 0 Å². The van der Waals surface area contributed by atoms with Crippen LogP contribution in [0.1, 0.15) is 45.2 Å². The van der Waals surface area contributed by atoms with E-state index in [0.29, 0.717) is 34.9 Å². The van der Waals surface area contributed by atoms with E-state index in [0.717, 1.165) is 61.2 Å². The standard InChI is InChI=1S/C68H43N7/c1-5-20-42(21-6-1)63-69-64(43-22-7-2-8-23-43)71-66(70-63)45-36-38-52-57(40-45)60-50-30-14-15-31-51(50)61(52)58-41-46(37-39-53(58)60)67-72-65(44-24-9-3-10-25-44)73-68(74-67)56-32-16-13-28-48(56)54-33-19-34-55-49-29-17-18-35-59(49)75(62(54)55)47-26-11-4-12-27-47/h1-41,60-61H. The van der Waals surface area contributed by atoms with Gasteiger partial charge in [0.25, 0.3) is 0 Å². The van der Waals surface area contributed by atoms with Crippen molar-refractivity contribution in [1.29, 1.82) is 0 Å². The average molecular weight is 958 g/mol. The Morgan fingerprint density at radius 2 is 0.640 bits per heavy atom. The van der Waals surface area contributed by atoms with Gasteiger partial charge in [-0.25, -0.2) is 29.9 Å². The number of benzene rings is 10. The highest BCUT2D eigenvalue weighted by Crippen LogP contribution is 2.57.